The largest absolute Gasteiger partial charge is 0.497 e. The molecule has 172 valence electrons. The Labute approximate surface area is 180 Å². The number of amides is 1. The van der Waals surface area contributed by atoms with Crippen molar-refractivity contribution in [2.24, 2.45) is 0 Å². The molecule has 0 aliphatic heterocycles. The van der Waals surface area contributed by atoms with Crippen molar-refractivity contribution in [1.82, 2.24) is 0 Å². The van der Waals surface area contributed by atoms with Gasteiger partial charge in [-0.25, -0.2) is 0 Å². The van der Waals surface area contributed by atoms with E-state index < -0.39 is 46.0 Å². The number of alkyl halides is 3. The third-order valence-electron chi connectivity index (χ3n) is 4.09. The molecule has 0 aromatic heterocycles. The van der Waals surface area contributed by atoms with Gasteiger partial charge < -0.3 is 19.5 Å². The zero-order chi connectivity index (χ0) is 23.9. The zero-order valence-corrected chi connectivity index (χ0v) is 17.0. The van der Waals surface area contributed by atoms with E-state index in [-0.39, 0.29) is 13.0 Å². The van der Waals surface area contributed by atoms with Gasteiger partial charge in [-0.1, -0.05) is 0 Å². The average Bonchev–Trinajstić information content (AvgIpc) is 2.73. The summed E-state index contributed by atoms with van der Waals surface area (Å²) < 4.78 is 54.9. The van der Waals surface area contributed by atoms with Crippen molar-refractivity contribution in [3.05, 3.63) is 58.1 Å². The first-order valence-corrected chi connectivity index (χ1v) is 9.14. The molecule has 0 aliphatic carbocycles. The average molecular weight is 456 g/mol. The van der Waals surface area contributed by atoms with E-state index in [0.29, 0.717) is 17.6 Å². The third kappa shape index (κ3) is 6.86. The number of hydrogen-bond donors (Lipinski definition) is 1. The number of nitrogens with one attached hydrogen (secondary N) is 1. The molecule has 12 heteroatoms. The Hall–Kier alpha value is -3.83. The Bertz CT molecular complexity index is 978. The van der Waals surface area contributed by atoms with E-state index in [1.807, 2.05) is 5.32 Å². The number of methoxy groups -OCH3 is 1. The molecule has 2 rings (SSSR count). The SMILES string of the molecule is COc1ccc(OCCC(=O)OC(C)C(=O)Nc2ccc([N+](=O)[O-])cc2C(F)(F)F)cc1. The Balaban J connectivity index is 1.91. The maximum absolute atomic E-state index is 13.2. The number of nitro groups is 1. The van der Waals surface area contributed by atoms with Gasteiger partial charge in [-0.3, -0.25) is 19.7 Å². The molecule has 2 aromatic carbocycles. The van der Waals surface area contributed by atoms with E-state index >= 15 is 0 Å². The van der Waals surface area contributed by atoms with Crippen molar-refractivity contribution in [2.75, 3.05) is 19.0 Å². The number of anilines is 1. The predicted molar refractivity (Wildman–Crippen MR) is 105 cm³/mol. The van der Waals surface area contributed by atoms with Crippen LogP contribution in [0.5, 0.6) is 11.5 Å². The van der Waals surface area contributed by atoms with E-state index in [1.54, 1.807) is 24.3 Å². The molecule has 0 spiro atoms. The number of nitrogens with zero attached hydrogens (tertiary/aromatic N) is 1. The first kappa shape index (κ1) is 24.4. The monoisotopic (exact) mass is 456 g/mol. The highest BCUT2D eigenvalue weighted by Crippen LogP contribution is 2.37. The summed E-state index contributed by atoms with van der Waals surface area (Å²) in [5.41, 5.74) is -2.88. The van der Waals surface area contributed by atoms with Crippen molar-refractivity contribution in [3.8, 4) is 11.5 Å². The summed E-state index contributed by atoms with van der Waals surface area (Å²) in [6.45, 7) is 1.12. The summed E-state index contributed by atoms with van der Waals surface area (Å²) in [4.78, 5) is 33.8. The van der Waals surface area contributed by atoms with E-state index in [9.17, 15) is 32.9 Å². The number of ether oxygens (including phenoxy) is 3. The number of rotatable bonds is 9. The summed E-state index contributed by atoms with van der Waals surface area (Å²) >= 11 is 0. The Morgan fingerprint density at radius 3 is 2.31 bits per heavy atom. The van der Waals surface area contributed by atoms with E-state index in [4.69, 9.17) is 14.2 Å². The highest BCUT2D eigenvalue weighted by molar-refractivity contribution is 5.96. The minimum Gasteiger partial charge on any atom is -0.497 e. The van der Waals surface area contributed by atoms with Gasteiger partial charge in [0.2, 0.25) is 0 Å². The van der Waals surface area contributed by atoms with Crippen LogP contribution in [0.2, 0.25) is 0 Å². The fraction of sp³-hybridized carbons (Fsp3) is 0.300. The van der Waals surface area contributed by atoms with Crippen LogP contribution >= 0.6 is 0 Å². The molecule has 9 nitrogen and oxygen atoms in total. The van der Waals surface area contributed by atoms with Gasteiger partial charge in [0.25, 0.3) is 11.6 Å². The lowest BCUT2D eigenvalue weighted by Crippen LogP contribution is -2.31. The van der Waals surface area contributed by atoms with Crippen LogP contribution in [0.3, 0.4) is 0 Å². The van der Waals surface area contributed by atoms with Crippen molar-refractivity contribution in [1.29, 1.82) is 0 Å². The quantitative estimate of drug-likeness (QED) is 0.345. The first-order chi connectivity index (χ1) is 15.0. The van der Waals surface area contributed by atoms with Crippen molar-refractivity contribution >= 4 is 23.3 Å². The molecule has 1 unspecified atom stereocenters. The normalized spacial score (nSPS) is 11.9. The minimum atomic E-state index is -4.95. The molecule has 1 atom stereocenters. The standard InChI is InChI=1S/C20H19F3N2O7/c1-12(32-18(26)9-10-31-15-6-4-14(30-2)5-7-15)19(27)24-17-8-3-13(25(28)29)11-16(17)20(21,22)23/h3-8,11-12H,9-10H2,1-2H3,(H,24,27). The molecule has 32 heavy (non-hydrogen) atoms. The molecule has 0 heterocycles. The van der Waals surface area contributed by atoms with E-state index in [0.717, 1.165) is 12.1 Å². The van der Waals surface area contributed by atoms with Gasteiger partial charge in [0.1, 0.15) is 11.5 Å². The van der Waals surface area contributed by atoms with Gasteiger partial charge in [0.15, 0.2) is 6.10 Å². The topological polar surface area (TPSA) is 117 Å². The molecule has 0 saturated carbocycles. The van der Waals surface area contributed by atoms with Gasteiger partial charge in [0.05, 0.1) is 36.3 Å². The molecule has 0 saturated heterocycles. The highest BCUT2D eigenvalue weighted by Gasteiger charge is 2.36. The number of carbonyl (C=O) groups is 2. The predicted octanol–water partition coefficient (Wildman–Crippen LogP) is 3.96. The number of benzene rings is 2. The van der Waals surface area contributed by atoms with Gasteiger partial charge in [-0.15, -0.1) is 0 Å². The number of esters is 1. The first-order valence-electron chi connectivity index (χ1n) is 9.14. The summed E-state index contributed by atoms with van der Waals surface area (Å²) in [5, 5.41) is 12.7. The summed E-state index contributed by atoms with van der Waals surface area (Å²) in [7, 11) is 1.51. The second-order valence-corrected chi connectivity index (χ2v) is 6.38. The number of hydrogen-bond acceptors (Lipinski definition) is 7. The lowest BCUT2D eigenvalue weighted by atomic mass is 10.1. The van der Waals surface area contributed by atoms with E-state index in [2.05, 4.69) is 0 Å². The molecular weight excluding hydrogens is 437 g/mol. The van der Waals surface area contributed by atoms with Crippen LogP contribution < -0.4 is 14.8 Å². The molecule has 1 N–H and O–H groups in total. The maximum atomic E-state index is 13.2. The summed E-state index contributed by atoms with van der Waals surface area (Å²) in [5.74, 6) is -0.741. The van der Waals surface area contributed by atoms with Crippen LogP contribution in [0.4, 0.5) is 24.5 Å². The van der Waals surface area contributed by atoms with Crippen molar-refractivity contribution in [2.45, 2.75) is 25.6 Å². The third-order valence-corrected chi connectivity index (χ3v) is 4.09. The Morgan fingerprint density at radius 2 is 1.75 bits per heavy atom. The summed E-state index contributed by atoms with van der Waals surface area (Å²) in [6.07, 6.45) is -6.58. The van der Waals surface area contributed by atoms with Gasteiger partial charge >= 0.3 is 12.1 Å². The van der Waals surface area contributed by atoms with Gasteiger partial charge in [-0.2, -0.15) is 13.2 Å². The zero-order valence-electron chi connectivity index (χ0n) is 17.0. The maximum Gasteiger partial charge on any atom is 0.418 e. The molecule has 0 radical (unpaired) electrons. The molecule has 2 aromatic rings. The Kier molecular flexibility index (Phi) is 7.99. The van der Waals surface area contributed by atoms with Crippen molar-refractivity contribution in [3.63, 3.8) is 0 Å². The van der Waals surface area contributed by atoms with Crippen LogP contribution in [0.25, 0.3) is 0 Å². The number of nitro benzene ring substituents is 1. The highest BCUT2D eigenvalue weighted by atomic mass is 19.4. The lowest BCUT2D eigenvalue weighted by Gasteiger charge is -2.17. The van der Waals surface area contributed by atoms with Crippen LogP contribution in [0.15, 0.2) is 42.5 Å². The molecule has 0 aliphatic rings. The molecule has 0 fully saturated rings. The fourth-order valence-electron chi connectivity index (χ4n) is 2.46. The number of halogens is 3. The molecule has 0 bridgehead atoms. The van der Waals surface area contributed by atoms with Gasteiger partial charge in [0, 0.05) is 12.1 Å². The van der Waals surface area contributed by atoms with E-state index in [1.165, 1.54) is 14.0 Å². The second-order valence-electron chi connectivity index (χ2n) is 6.38. The van der Waals surface area contributed by atoms with Crippen LogP contribution in [0.1, 0.15) is 18.9 Å². The number of carbonyl (C=O) groups excluding carboxylic acids is 2. The molecule has 1 amide bonds. The van der Waals surface area contributed by atoms with Crippen LogP contribution in [-0.4, -0.2) is 36.6 Å². The summed E-state index contributed by atoms with van der Waals surface area (Å²) in [6, 6.07) is 8.46. The fourth-order valence-corrected chi connectivity index (χ4v) is 2.46. The van der Waals surface area contributed by atoms with Crippen molar-refractivity contribution < 1.29 is 41.9 Å². The van der Waals surface area contributed by atoms with Crippen LogP contribution in [0, 0.1) is 10.1 Å². The minimum absolute atomic E-state index is 0.0555. The van der Waals surface area contributed by atoms with Crippen LogP contribution in [-0.2, 0) is 20.5 Å². The van der Waals surface area contributed by atoms with Gasteiger partial charge in [-0.05, 0) is 37.3 Å². The second kappa shape index (κ2) is 10.5. The number of non-ortho nitro benzene ring substituents is 1. The lowest BCUT2D eigenvalue weighted by molar-refractivity contribution is -0.385. The molecular formula is C20H19F3N2O7. The smallest absolute Gasteiger partial charge is 0.418 e. The Morgan fingerprint density at radius 1 is 1.12 bits per heavy atom.